The fourth-order valence-electron chi connectivity index (χ4n) is 2.87. The number of thiazole rings is 1. The van der Waals surface area contributed by atoms with E-state index in [9.17, 15) is 4.79 Å². The number of anilines is 1. The van der Waals surface area contributed by atoms with E-state index in [4.69, 9.17) is 28.2 Å². The molecule has 0 spiro atoms. The first-order valence-electron chi connectivity index (χ1n) is 8.55. The molecule has 7 heteroatoms. The van der Waals surface area contributed by atoms with Crippen LogP contribution < -0.4 is 4.90 Å². The Hall–Kier alpha value is -1.66. The summed E-state index contributed by atoms with van der Waals surface area (Å²) in [7, 11) is 3.95. The molecule has 3 rings (SSSR count). The Bertz CT molecular complexity index is 1000. The zero-order valence-electron chi connectivity index (χ0n) is 15.7. The molecule has 1 aromatic heterocycles. The maximum atomic E-state index is 13.3. The van der Waals surface area contributed by atoms with Crippen LogP contribution in [0.1, 0.15) is 21.5 Å². The molecule has 0 saturated heterocycles. The number of carbonyl (C=O) groups is 1. The van der Waals surface area contributed by atoms with Gasteiger partial charge in [-0.2, -0.15) is 0 Å². The number of amides is 1. The quantitative estimate of drug-likeness (QED) is 0.550. The van der Waals surface area contributed by atoms with Gasteiger partial charge in [0.2, 0.25) is 0 Å². The first-order valence-corrected chi connectivity index (χ1v) is 10.1. The average molecular weight is 422 g/mol. The van der Waals surface area contributed by atoms with Crippen LogP contribution in [0, 0.1) is 13.8 Å². The van der Waals surface area contributed by atoms with E-state index in [1.165, 1.54) is 16.9 Å². The summed E-state index contributed by atoms with van der Waals surface area (Å²) in [6, 6.07) is 9.11. The molecule has 0 unspecified atom stereocenters. The van der Waals surface area contributed by atoms with Crippen molar-refractivity contribution in [1.82, 2.24) is 9.88 Å². The van der Waals surface area contributed by atoms with E-state index in [0.29, 0.717) is 33.8 Å². The molecule has 2 aromatic carbocycles. The number of fused-ring (bicyclic) bond motifs is 1. The minimum Gasteiger partial charge on any atom is -0.308 e. The van der Waals surface area contributed by atoms with E-state index in [0.717, 1.165) is 15.8 Å². The van der Waals surface area contributed by atoms with Crippen molar-refractivity contribution in [3.05, 3.63) is 57.1 Å². The summed E-state index contributed by atoms with van der Waals surface area (Å²) in [6.07, 6.45) is 0. The molecule has 0 fully saturated rings. The van der Waals surface area contributed by atoms with Crippen LogP contribution in [-0.2, 0) is 0 Å². The lowest BCUT2D eigenvalue weighted by molar-refractivity contribution is 0.0985. The van der Waals surface area contributed by atoms with Crippen LogP contribution in [0.2, 0.25) is 10.0 Å². The molecule has 0 radical (unpaired) electrons. The van der Waals surface area contributed by atoms with Crippen LogP contribution in [0.4, 0.5) is 5.13 Å². The van der Waals surface area contributed by atoms with E-state index >= 15 is 0 Å². The van der Waals surface area contributed by atoms with Crippen LogP contribution in [0.5, 0.6) is 0 Å². The van der Waals surface area contributed by atoms with Crippen LogP contribution in [0.25, 0.3) is 10.2 Å². The number of likely N-dealkylation sites (N-methyl/N-ethyl adjacent to an activating group) is 1. The largest absolute Gasteiger partial charge is 0.308 e. The Morgan fingerprint density at radius 2 is 1.85 bits per heavy atom. The predicted octanol–water partition coefficient (Wildman–Crippen LogP) is 5.43. The summed E-state index contributed by atoms with van der Waals surface area (Å²) < 4.78 is 1.10. The Morgan fingerprint density at radius 1 is 1.11 bits per heavy atom. The molecule has 0 saturated carbocycles. The third-order valence-electron chi connectivity index (χ3n) is 4.22. The molecule has 27 heavy (non-hydrogen) atoms. The molecule has 0 aliphatic rings. The second kappa shape index (κ2) is 8.15. The zero-order chi connectivity index (χ0) is 19.7. The molecule has 0 N–H and O–H groups in total. The van der Waals surface area contributed by atoms with Gasteiger partial charge in [-0.15, -0.1) is 0 Å². The number of rotatable bonds is 5. The van der Waals surface area contributed by atoms with E-state index in [-0.39, 0.29) is 5.91 Å². The summed E-state index contributed by atoms with van der Waals surface area (Å²) in [4.78, 5) is 21.7. The predicted molar refractivity (Wildman–Crippen MR) is 116 cm³/mol. The maximum absolute atomic E-state index is 13.3. The SMILES string of the molecule is Cc1cc(C)c2sc(N(CCN(C)C)C(=O)c3ccc(Cl)cc3Cl)nc2c1. The highest BCUT2D eigenvalue weighted by atomic mass is 35.5. The Labute approximate surface area is 173 Å². The lowest BCUT2D eigenvalue weighted by atomic mass is 10.1. The number of hydrogen-bond acceptors (Lipinski definition) is 4. The van der Waals surface area contributed by atoms with E-state index in [1.807, 2.05) is 32.0 Å². The first-order chi connectivity index (χ1) is 12.8. The fraction of sp³-hybridized carbons (Fsp3) is 0.300. The lowest BCUT2D eigenvalue weighted by Gasteiger charge is -2.22. The van der Waals surface area contributed by atoms with E-state index < -0.39 is 0 Å². The maximum Gasteiger partial charge on any atom is 0.261 e. The molecule has 1 amide bonds. The summed E-state index contributed by atoms with van der Waals surface area (Å²) in [5, 5.41) is 1.52. The molecule has 0 aliphatic carbocycles. The third kappa shape index (κ3) is 4.43. The molecule has 0 aliphatic heterocycles. The fourth-order valence-corrected chi connectivity index (χ4v) is 4.40. The number of aromatic nitrogens is 1. The number of nitrogens with zero attached hydrogens (tertiary/aromatic N) is 3. The van der Waals surface area contributed by atoms with Gasteiger partial charge in [-0.3, -0.25) is 9.69 Å². The summed E-state index contributed by atoms with van der Waals surface area (Å²) in [5.41, 5.74) is 3.66. The Morgan fingerprint density at radius 3 is 2.52 bits per heavy atom. The van der Waals surface area contributed by atoms with Gasteiger partial charge in [-0.25, -0.2) is 4.98 Å². The van der Waals surface area contributed by atoms with Gasteiger partial charge >= 0.3 is 0 Å². The highest BCUT2D eigenvalue weighted by Gasteiger charge is 2.23. The van der Waals surface area contributed by atoms with E-state index in [1.54, 1.807) is 23.1 Å². The number of hydrogen-bond donors (Lipinski definition) is 0. The van der Waals surface area contributed by atoms with Gasteiger partial charge in [0.15, 0.2) is 5.13 Å². The van der Waals surface area contributed by atoms with Gasteiger partial charge in [0, 0.05) is 18.1 Å². The van der Waals surface area contributed by atoms with Crippen molar-refractivity contribution >= 4 is 55.8 Å². The summed E-state index contributed by atoms with van der Waals surface area (Å²) in [5.74, 6) is -0.174. The van der Waals surface area contributed by atoms with E-state index in [2.05, 4.69) is 13.0 Å². The minimum atomic E-state index is -0.174. The second-order valence-corrected chi connectivity index (χ2v) is 8.63. The van der Waals surface area contributed by atoms with Crippen LogP contribution >= 0.6 is 34.5 Å². The van der Waals surface area contributed by atoms with Gasteiger partial charge < -0.3 is 4.90 Å². The highest BCUT2D eigenvalue weighted by molar-refractivity contribution is 7.22. The number of benzene rings is 2. The smallest absolute Gasteiger partial charge is 0.261 e. The van der Waals surface area contributed by atoms with Crippen molar-refractivity contribution in [3.63, 3.8) is 0 Å². The second-order valence-electron chi connectivity index (χ2n) is 6.81. The third-order valence-corrected chi connectivity index (χ3v) is 5.99. The van der Waals surface area contributed by atoms with Crippen molar-refractivity contribution < 1.29 is 4.79 Å². The monoisotopic (exact) mass is 421 g/mol. The Kier molecular flexibility index (Phi) is 6.06. The van der Waals surface area contributed by atoms with Gasteiger partial charge in [-0.05, 0) is 63.3 Å². The standard InChI is InChI=1S/C20H21Cl2N3OS/c1-12-9-13(2)18-17(10-12)23-20(27-18)25(8-7-24(3)4)19(26)15-6-5-14(21)11-16(15)22/h5-6,9-11H,7-8H2,1-4H3. The molecule has 0 atom stereocenters. The Balaban J connectivity index is 2.05. The molecule has 142 valence electrons. The van der Waals surface area contributed by atoms with Crippen molar-refractivity contribution in [1.29, 1.82) is 0 Å². The van der Waals surface area contributed by atoms with Crippen LogP contribution in [-0.4, -0.2) is 43.0 Å². The van der Waals surface area contributed by atoms with Gasteiger partial charge in [0.05, 0.1) is 20.8 Å². The minimum absolute atomic E-state index is 0.174. The molecule has 0 bridgehead atoms. The summed E-state index contributed by atoms with van der Waals surface area (Å²) in [6.45, 7) is 5.35. The first kappa shape index (κ1) is 20.1. The highest BCUT2D eigenvalue weighted by Crippen LogP contribution is 2.33. The lowest BCUT2D eigenvalue weighted by Crippen LogP contribution is -2.36. The van der Waals surface area contributed by atoms with Gasteiger partial charge in [0.1, 0.15) is 0 Å². The molecular formula is C20H21Cl2N3OS. The topological polar surface area (TPSA) is 36.4 Å². The van der Waals surface area contributed by atoms with Gasteiger partial charge in [0.25, 0.3) is 5.91 Å². The number of halogens is 2. The summed E-state index contributed by atoms with van der Waals surface area (Å²) >= 11 is 13.8. The normalized spacial score (nSPS) is 11.4. The molecule has 4 nitrogen and oxygen atoms in total. The van der Waals surface area contributed by atoms with Crippen molar-refractivity contribution in [2.45, 2.75) is 13.8 Å². The van der Waals surface area contributed by atoms with Crippen LogP contribution in [0.15, 0.2) is 30.3 Å². The number of carbonyl (C=O) groups excluding carboxylic acids is 1. The van der Waals surface area contributed by atoms with Crippen LogP contribution in [0.3, 0.4) is 0 Å². The number of aryl methyl sites for hydroxylation is 2. The molecular weight excluding hydrogens is 401 g/mol. The van der Waals surface area contributed by atoms with Gasteiger partial charge in [-0.1, -0.05) is 40.6 Å². The van der Waals surface area contributed by atoms with Crippen molar-refractivity contribution in [2.75, 3.05) is 32.1 Å². The molecule has 3 aromatic rings. The zero-order valence-corrected chi connectivity index (χ0v) is 18.0. The van der Waals surface area contributed by atoms with Crippen molar-refractivity contribution in [2.24, 2.45) is 0 Å². The average Bonchev–Trinajstić information content (AvgIpc) is 2.98. The van der Waals surface area contributed by atoms with Crippen molar-refractivity contribution in [3.8, 4) is 0 Å². The molecule has 1 heterocycles.